The van der Waals surface area contributed by atoms with Gasteiger partial charge in [-0.2, -0.15) is 0 Å². The van der Waals surface area contributed by atoms with Gasteiger partial charge < -0.3 is 48.3 Å². The van der Waals surface area contributed by atoms with Crippen LogP contribution in [0, 0.1) is 5.92 Å². The third-order valence-corrected chi connectivity index (χ3v) is 6.66. The van der Waals surface area contributed by atoms with E-state index >= 15 is 0 Å². The van der Waals surface area contributed by atoms with E-state index in [9.17, 15) is 43.5 Å². The van der Waals surface area contributed by atoms with E-state index in [0.717, 1.165) is 0 Å². The molecule has 1 aromatic rings. The van der Waals surface area contributed by atoms with E-state index in [1.54, 1.807) is 44.2 Å². The van der Waals surface area contributed by atoms with Crippen LogP contribution in [-0.2, 0) is 44.8 Å². The van der Waals surface area contributed by atoms with Crippen molar-refractivity contribution >= 4 is 47.4 Å². The van der Waals surface area contributed by atoms with Gasteiger partial charge in [0.15, 0.2) is 0 Å². The normalized spacial score (nSPS) is 14.0. The smallest absolute Gasteiger partial charge is 0.326 e. The average molecular weight is 650 g/mol. The lowest BCUT2D eigenvalue weighted by Gasteiger charge is -2.24. The maximum atomic E-state index is 13.0. The molecule has 0 bridgehead atoms. The van der Waals surface area contributed by atoms with Crippen LogP contribution in [0.2, 0.25) is 0 Å². The molecule has 1 rings (SSSR count). The van der Waals surface area contributed by atoms with E-state index in [1.165, 1.54) is 6.92 Å². The van der Waals surface area contributed by atoms with E-state index in [2.05, 4.69) is 26.6 Å². The molecule has 17 nitrogen and oxygen atoms in total. The number of nitrogens with two attached hydrogens (primary N) is 2. The second-order valence-corrected chi connectivity index (χ2v) is 10.9. The van der Waals surface area contributed by atoms with Crippen LogP contribution in [0.15, 0.2) is 30.3 Å². The van der Waals surface area contributed by atoms with Crippen LogP contribution in [-0.4, -0.2) is 94.3 Å². The van der Waals surface area contributed by atoms with Crippen LogP contribution < -0.4 is 38.1 Å². The van der Waals surface area contributed by atoms with Crippen molar-refractivity contribution < 1.29 is 48.6 Å². The Hall–Kier alpha value is -5.06. The number of aliphatic carboxylic acids is 2. The zero-order chi connectivity index (χ0) is 35.0. The molecule has 1 aromatic carbocycles. The summed E-state index contributed by atoms with van der Waals surface area (Å²) in [5, 5.41) is 30.3. The van der Waals surface area contributed by atoms with Crippen LogP contribution >= 0.6 is 0 Å². The summed E-state index contributed by atoms with van der Waals surface area (Å²) in [6, 6.07) is 2.32. The molecule has 0 aliphatic heterocycles. The highest BCUT2D eigenvalue weighted by atomic mass is 16.4. The van der Waals surface area contributed by atoms with Crippen molar-refractivity contribution in [3.05, 3.63) is 35.9 Å². The molecule has 46 heavy (non-hydrogen) atoms. The molecule has 0 spiro atoms. The maximum absolute atomic E-state index is 13.0. The van der Waals surface area contributed by atoms with Crippen molar-refractivity contribution in [2.24, 2.45) is 17.4 Å². The van der Waals surface area contributed by atoms with Crippen LogP contribution in [0.25, 0.3) is 0 Å². The average Bonchev–Trinajstić information content (AvgIpc) is 2.98. The molecule has 0 saturated carbocycles. The molecular formula is C29H43N7O10. The van der Waals surface area contributed by atoms with Crippen LogP contribution in [0.4, 0.5) is 0 Å². The molecule has 0 aliphatic carbocycles. The number of carboxylic acids is 2. The second-order valence-electron chi connectivity index (χ2n) is 10.9. The van der Waals surface area contributed by atoms with Gasteiger partial charge in [0.25, 0.3) is 0 Å². The van der Waals surface area contributed by atoms with Gasteiger partial charge in [-0.1, -0.05) is 44.2 Å². The number of rotatable bonds is 20. The molecule has 0 heterocycles. The van der Waals surface area contributed by atoms with Crippen molar-refractivity contribution in [3.8, 4) is 0 Å². The Bertz CT molecular complexity index is 1260. The quantitative estimate of drug-likeness (QED) is 0.0711. The highest BCUT2D eigenvalue weighted by Gasteiger charge is 2.30. The first-order chi connectivity index (χ1) is 21.5. The first-order valence-corrected chi connectivity index (χ1v) is 14.5. The highest BCUT2D eigenvalue weighted by molar-refractivity contribution is 5.95. The minimum absolute atomic E-state index is 0.0192. The zero-order valence-corrected chi connectivity index (χ0v) is 25.9. The van der Waals surface area contributed by atoms with Gasteiger partial charge in [0.05, 0.1) is 12.6 Å². The summed E-state index contributed by atoms with van der Waals surface area (Å²) in [5.41, 5.74) is 11.4. The molecular weight excluding hydrogens is 606 g/mol. The van der Waals surface area contributed by atoms with Gasteiger partial charge >= 0.3 is 11.9 Å². The van der Waals surface area contributed by atoms with Gasteiger partial charge in [0.2, 0.25) is 35.4 Å². The number of carbonyl (C=O) groups excluding carboxylic acids is 6. The maximum Gasteiger partial charge on any atom is 0.326 e. The van der Waals surface area contributed by atoms with Gasteiger partial charge in [0.1, 0.15) is 24.2 Å². The van der Waals surface area contributed by atoms with Gasteiger partial charge in [-0.15, -0.1) is 0 Å². The Morgan fingerprint density at radius 1 is 0.739 bits per heavy atom. The first kappa shape index (κ1) is 39.0. The standard InChI is InChI=1S/C29H43N7O10/c1-15(2)24(36-26(42)18(30)9-11-21(31)37)28(44)32-14-22(38)33-16(3)25(41)35-20(13-17-7-5-4-6-8-17)27(43)34-19(29(45)46)10-12-23(39)40/h4-8,15-16,18-20,24H,9-14,30H2,1-3H3,(H2,31,37)(H,32,44)(H,33,38)(H,34,43)(H,35,41)(H,36,42)(H,39,40)(H,45,46)/t16-,18-,19-,20-,24-/m0/s1. The fourth-order valence-electron chi connectivity index (χ4n) is 4.01. The summed E-state index contributed by atoms with van der Waals surface area (Å²) in [5.74, 6) is -7.58. The number of hydrogen-bond donors (Lipinski definition) is 9. The summed E-state index contributed by atoms with van der Waals surface area (Å²) in [4.78, 5) is 97.1. The number of primary amides is 1. The van der Waals surface area contributed by atoms with Crippen LogP contribution in [0.5, 0.6) is 0 Å². The number of nitrogens with one attached hydrogen (secondary N) is 5. The van der Waals surface area contributed by atoms with Crippen molar-refractivity contribution in [2.45, 2.75) is 83.1 Å². The van der Waals surface area contributed by atoms with Crippen molar-refractivity contribution in [3.63, 3.8) is 0 Å². The molecule has 0 aliphatic rings. The van der Waals surface area contributed by atoms with E-state index in [0.29, 0.717) is 5.56 Å². The van der Waals surface area contributed by atoms with Gasteiger partial charge in [-0.3, -0.25) is 33.6 Å². The Kier molecular flexibility index (Phi) is 16.4. The summed E-state index contributed by atoms with van der Waals surface area (Å²) in [7, 11) is 0. The molecule has 0 radical (unpaired) electrons. The highest BCUT2D eigenvalue weighted by Crippen LogP contribution is 2.07. The van der Waals surface area contributed by atoms with Crippen molar-refractivity contribution in [1.29, 1.82) is 0 Å². The largest absolute Gasteiger partial charge is 0.481 e. The summed E-state index contributed by atoms with van der Waals surface area (Å²) in [6.45, 7) is 4.06. The Morgan fingerprint density at radius 3 is 1.89 bits per heavy atom. The second kappa shape index (κ2) is 19.4. The lowest BCUT2D eigenvalue weighted by atomic mass is 10.0. The first-order valence-electron chi connectivity index (χ1n) is 14.5. The van der Waals surface area contributed by atoms with Crippen molar-refractivity contribution in [2.75, 3.05) is 6.54 Å². The SMILES string of the molecule is CC(C)[C@H](NC(=O)[C@@H](N)CCC(N)=O)C(=O)NCC(=O)N[C@@H](C)C(=O)N[C@@H](Cc1ccccc1)C(=O)N[C@@H](CCC(=O)O)C(=O)O. The van der Waals surface area contributed by atoms with Crippen LogP contribution in [0.3, 0.4) is 0 Å². The third-order valence-electron chi connectivity index (χ3n) is 6.66. The molecule has 0 fully saturated rings. The van der Waals surface area contributed by atoms with Crippen molar-refractivity contribution in [1.82, 2.24) is 26.6 Å². The minimum atomic E-state index is -1.52. The van der Waals surface area contributed by atoms with E-state index < -0.39 is 96.5 Å². The van der Waals surface area contributed by atoms with Gasteiger partial charge in [-0.25, -0.2) is 4.79 Å². The number of carbonyl (C=O) groups is 8. The fourth-order valence-corrected chi connectivity index (χ4v) is 4.01. The number of amides is 6. The topological polar surface area (TPSA) is 289 Å². The number of hydrogen-bond acceptors (Lipinski definition) is 9. The molecule has 0 saturated heterocycles. The van der Waals surface area contributed by atoms with Gasteiger partial charge in [-0.05, 0) is 31.2 Å². The molecule has 0 aromatic heterocycles. The molecule has 6 amide bonds. The van der Waals surface area contributed by atoms with E-state index in [4.69, 9.17) is 16.6 Å². The predicted octanol–water partition coefficient (Wildman–Crippen LogP) is -2.50. The lowest BCUT2D eigenvalue weighted by Crippen LogP contribution is -2.57. The molecule has 11 N–H and O–H groups in total. The number of carboxylic acid groups (broad SMARTS) is 2. The van der Waals surface area contributed by atoms with E-state index in [-0.39, 0.29) is 25.7 Å². The number of benzene rings is 1. The molecule has 254 valence electrons. The minimum Gasteiger partial charge on any atom is -0.481 e. The summed E-state index contributed by atoms with van der Waals surface area (Å²) in [6.07, 6.45) is -1.08. The van der Waals surface area contributed by atoms with E-state index in [1.807, 2.05) is 0 Å². The summed E-state index contributed by atoms with van der Waals surface area (Å²) < 4.78 is 0. The fraction of sp³-hybridized carbons (Fsp3) is 0.517. The molecule has 0 unspecified atom stereocenters. The Morgan fingerprint density at radius 2 is 1.35 bits per heavy atom. The molecule has 5 atom stereocenters. The molecule has 17 heteroatoms. The predicted molar refractivity (Wildman–Crippen MR) is 162 cm³/mol. The Labute approximate surface area is 265 Å². The third kappa shape index (κ3) is 14.6. The van der Waals surface area contributed by atoms with Crippen LogP contribution in [0.1, 0.15) is 52.0 Å². The summed E-state index contributed by atoms with van der Waals surface area (Å²) >= 11 is 0. The Balaban J connectivity index is 2.84. The monoisotopic (exact) mass is 649 g/mol. The lowest BCUT2D eigenvalue weighted by molar-refractivity contribution is -0.143. The van der Waals surface area contributed by atoms with Gasteiger partial charge in [0, 0.05) is 19.3 Å². The zero-order valence-electron chi connectivity index (χ0n) is 25.9.